The molecule has 0 spiro atoms. The van der Waals surface area contributed by atoms with Gasteiger partial charge in [-0.2, -0.15) is 0 Å². The van der Waals surface area contributed by atoms with Crippen molar-refractivity contribution in [3.8, 4) is 0 Å². The Kier molecular flexibility index (Phi) is 5.11. The van der Waals surface area contributed by atoms with Gasteiger partial charge in [0.2, 0.25) is 5.91 Å². The highest BCUT2D eigenvalue weighted by Crippen LogP contribution is 2.26. The van der Waals surface area contributed by atoms with Gasteiger partial charge in [0.25, 0.3) is 5.69 Å². The summed E-state index contributed by atoms with van der Waals surface area (Å²) in [6.45, 7) is 2.72. The van der Waals surface area contributed by atoms with E-state index < -0.39 is 4.92 Å². The molecule has 0 unspecified atom stereocenters. The summed E-state index contributed by atoms with van der Waals surface area (Å²) in [4.78, 5) is 23.4. The van der Waals surface area contributed by atoms with Crippen LogP contribution in [0.4, 0.5) is 17.1 Å². The Hall–Kier alpha value is -2.31. The normalized spacial score (nSPS) is 9.84. The van der Waals surface area contributed by atoms with E-state index in [0.717, 1.165) is 0 Å². The van der Waals surface area contributed by atoms with Gasteiger partial charge in [-0.25, -0.2) is 0 Å². The number of hydrogen-bond acceptors (Lipinski definition) is 5. The SMILES string of the molecule is CCNc1cc(N(C)CC(=O)NC)cc([N+](=O)[O-])c1. The van der Waals surface area contributed by atoms with Crippen LogP contribution in [0.15, 0.2) is 18.2 Å². The molecule has 2 N–H and O–H groups in total. The van der Waals surface area contributed by atoms with Gasteiger partial charge in [0.1, 0.15) is 0 Å². The van der Waals surface area contributed by atoms with Gasteiger partial charge < -0.3 is 15.5 Å². The molecule has 7 heteroatoms. The zero-order chi connectivity index (χ0) is 14.4. The molecule has 0 aromatic heterocycles. The van der Waals surface area contributed by atoms with E-state index in [1.54, 1.807) is 25.1 Å². The number of carbonyl (C=O) groups excluding carboxylic acids is 1. The molecule has 19 heavy (non-hydrogen) atoms. The van der Waals surface area contributed by atoms with Gasteiger partial charge in [-0.1, -0.05) is 0 Å². The summed E-state index contributed by atoms with van der Waals surface area (Å²) in [5.41, 5.74) is 1.28. The van der Waals surface area contributed by atoms with E-state index in [-0.39, 0.29) is 18.1 Å². The van der Waals surface area contributed by atoms with Crippen LogP contribution in [-0.2, 0) is 4.79 Å². The molecule has 0 fully saturated rings. The average Bonchev–Trinajstić information content (AvgIpc) is 2.38. The number of benzene rings is 1. The molecule has 1 aromatic carbocycles. The fraction of sp³-hybridized carbons (Fsp3) is 0.417. The summed E-state index contributed by atoms with van der Waals surface area (Å²) >= 11 is 0. The molecule has 0 saturated carbocycles. The molecule has 0 heterocycles. The second-order valence-electron chi connectivity index (χ2n) is 4.05. The van der Waals surface area contributed by atoms with E-state index >= 15 is 0 Å². The summed E-state index contributed by atoms with van der Waals surface area (Å²) < 4.78 is 0. The number of rotatable bonds is 6. The maximum atomic E-state index is 11.3. The van der Waals surface area contributed by atoms with Crippen LogP contribution in [0.3, 0.4) is 0 Å². The zero-order valence-electron chi connectivity index (χ0n) is 11.3. The minimum atomic E-state index is -0.446. The number of nitro groups is 1. The number of nitro benzene ring substituents is 1. The van der Waals surface area contributed by atoms with E-state index in [1.807, 2.05) is 6.92 Å². The molecule has 0 radical (unpaired) electrons. The van der Waals surface area contributed by atoms with Crippen molar-refractivity contribution in [3.63, 3.8) is 0 Å². The Morgan fingerprint density at radius 1 is 1.42 bits per heavy atom. The lowest BCUT2D eigenvalue weighted by atomic mass is 10.2. The van der Waals surface area contributed by atoms with Crippen LogP contribution < -0.4 is 15.5 Å². The van der Waals surface area contributed by atoms with Crippen molar-refractivity contribution >= 4 is 23.0 Å². The van der Waals surface area contributed by atoms with Gasteiger partial charge in [-0.3, -0.25) is 14.9 Å². The second-order valence-corrected chi connectivity index (χ2v) is 4.05. The molecule has 1 aromatic rings. The molecular weight excluding hydrogens is 248 g/mol. The Labute approximate surface area is 111 Å². The molecule has 7 nitrogen and oxygen atoms in total. The number of non-ortho nitro benzene ring substituents is 1. The molecule has 0 atom stereocenters. The molecular formula is C12H18N4O3. The van der Waals surface area contributed by atoms with Gasteiger partial charge in [0.15, 0.2) is 0 Å². The van der Waals surface area contributed by atoms with Crippen LogP contribution in [0.1, 0.15) is 6.92 Å². The van der Waals surface area contributed by atoms with Crippen molar-refractivity contribution in [1.29, 1.82) is 0 Å². The second kappa shape index (κ2) is 6.58. The van der Waals surface area contributed by atoms with Gasteiger partial charge in [-0.05, 0) is 13.0 Å². The fourth-order valence-corrected chi connectivity index (χ4v) is 1.61. The van der Waals surface area contributed by atoms with E-state index in [2.05, 4.69) is 10.6 Å². The maximum absolute atomic E-state index is 11.3. The third-order valence-electron chi connectivity index (χ3n) is 2.59. The molecule has 0 aliphatic rings. The fourth-order valence-electron chi connectivity index (χ4n) is 1.61. The first-order valence-corrected chi connectivity index (χ1v) is 5.93. The molecule has 0 aliphatic carbocycles. The van der Waals surface area contributed by atoms with Crippen molar-refractivity contribution in [3.05, 3.63) is 28.3 Å². The average molecular weight is 266 g/mol. The predicted octanol–water partition coefficient (Wildman–Crippen LogP) is 1.21. The van der Waals surface area contributed by atoms with Gasteiger partial charge in [0, 0.05) is 44.1 Å². The molecule has 104 valence electrons. The number of likely N-dealkylation sites (N-methyl/N-ethyl adjacent to an activating group) is 2. The summed E-state index contributed by atoms with van der Waals surface area (Å²) in [5.74, 6) is -0.154. The van der Waals surface area contributed by atoms with Crippen molar-refractivity contribution < 1.29 is 9.72 Å². The van der Waals surface area contributed by atoms with E-state index in [9.17, 15) is 14.9 Å². The minimum Gasteiger partial charge on any atom is -0.385 e. The third kappa shape index (κ3) is 4.13. The Balaban J connectivity index is 3.04. The monoisotopic (exact) mass is 266 g/mol. The van der Waals surface area contributed by atoms with E-state index in [1.165, 1.54) is 12.1 Å². The molecule has 0 saturated heterocycles. The molecule has 0 aliphatic heterocycles. The van der Waals surface area contributed by atoms with Crippen molar-refractivity contribution in [2.24, 2.45) is 0 Å². The smallest absolute Gasteiger partial charge is 0.273 e. The molecule has 1 rings (SSSR count). The first-order chi connectivity index (χ1) is 8.97. The zero-order valence-corrected chi connectivity index (χ0v) is 11.3. The molecule has 0 bridgehead atoms. The standard InChI is InChI=1S/C12H18N4O3/c1-4-14-9-5-10(7-11(6-9)16(18)19)15(3)8-12(17)13-2/h5-7,14H,4,8H2,1-3H3,(H,13,17). The topological polar surface area (TPSA) is 87.5 Å². The van der Waals surface area contributed by atoms with E-state index in [4.69, 9.17) is 0 Å². The van der Waals surface area contributed by atoms with Gasteiger partial charge in [0.05, 0.1) is 11.5 Å². The lowest BCUT2D eigenvalue weighted by molar-refractivity contribution is -0.384. The summed E-state index contributed by atoms with van der Waals surface area (Å²) in [5, 5.41) is 16.4. The van der Waals surface area contributed by atoms with Crippen molar-refractivity contribution in [1.82, 2.24) is 5.32 Å². The number of nitrogens with one attached hydrogen (secondary N) is 2. The quantitative estimate of drug-likeness (QED) is 0.597. The maximum Gasteiger partial charge on any atom is 0.273 e. The van der Waals surface area contributed by atoms with Gasteiger partial charge in [-0.15, -0.1) is 0 Å². The van der Waals surface area contributed by atoms with Crippen molar-refractivity contribution in [2.45, 2.75) is 6.92 Å². The van der Waals surface area contributed by atoms with Crippen LogP contribution in [-0.4, -0.2) is 38.0 Å². The van der Waals surface area contributed by atoms with Crippen molar-refractivity contribution in [2.75, 3.05) is 37.4 Å². The van der Waals surface area contributed by atoms with Crippen LogP contribution in [0.25, 0.3) is 0 Å². The highest BCUT2D eigenvalue weighted by Gasteiger charge is 2.13. The predicted molar refractivity (Wildman–Crippen MR) is 74.6 cm³/mol. The van der Waals surface area contributed by atoms with Crippen LogP contribution >= 0.6 is 0 Å². The summed E-state index contributed by atoms with van der Waals surface area (Å²) in [7, 11) is 3.26. The lowest BCUT2D eigenvalue weighted by Crippen LogP contribution is -2.32. The van der Waals surface area contributed by atoms with Crippen LogP contribution in [0, 0.1) is 10.1 Å². The summed E-state index contributed by atoms with van der Waals surface area (Å²) in [6.07, 6.45) is 0. The van der Waals surface area contributed by atoms with E-state index in [0.29, 0.717) is 17.9 Å². The highest BCUT2D eigenvalue weighted by molar-refractivity contribution is 5.81. The number of carbonyl (C=O) groups is 1. The Morgan fingerprint density at radius 3 is 2.63 bits per heavy atom. The summed E-state index contributed by atoms with van der Waals surface area (Å²) in [6, 6.07) is 4.70. The first kappa shape index (κ1) is 14.7. The largest absolute Gasteiger partial charge is 0.385 e. The lowest BCUT2D eigenvalue weighted by Gasteiger charge is -2.19. The molecule has 1 amide bonds. The van der Waals surface area contributed by atoms with Crippen LogP contribution in [0.5, 0.6) is 0 Å². The van der Waals surface area contributed by atoms with Gasteiger partial charge >= 0.3 is 0 Å². The highest BCUT2D eigenvalue weighted by atomic mass is 16.6. The number of nitrogens with zero attached hydrogens (tertiary/aromatic N) is 2. The van der Waals surface area contributed by atoms with Crippen LogP contribution in [0.2, 0.25) is 0 Å². The minimum absolute atomic E-state index is 0.00259. The number of amides is 1. The first-order valence-electron chi connectivity index (χ1n) is 5.93. The third-order valence-corrected chi connectivity index (χ3v) is 2.59. The number of hydrogen-bond donors (Lipinski definition) is 2. The number of anilines is 2. The Morgan fingerprint density at radius 2 is 2.11 bits per heavy atom. The Bertz CT molecular complexity index is 476.